The van der Waals surface area contributed by atoms with Gasteiger partial charge in [0.15, 0.2) is 0 Å². The zero-order valence-electron chi connectivity index (χ0n) is 17.1. The van der Waals surface area contributed by atoms with Crippen molar-refractivity contribution in [3.63, 3.8) is 0 Å². The van der Waals surface area contributed by atoms with E-state index in [0.29, 0.717) is 39.5 Å². The number of carbonyl (C=O) groups excluding carboxylic acids is 2. The highest BCUT2D eigenvalue weighted by molar-refractivity contribution is 7.92. The minimum Gasteiger partial charge on any atom is -0.322 e. The molecule has 0 aliphatic heterocycles. The van der Waals surface area contributed by atoms with E-state index in [2.05, 4.69) is 15.4 Å². The van der Waals surface area contributed by atoms with Crippen LogP contribution in [0.3, 0.4) is 0 Å². The van der Waals surface area contributed by atoms with E-state index in [-0.39, 0.29) is 17.6 Å². The van der Waals surface area contributed by atoms with Crippen molar-refractivity contribution in [2.45, 2.75) is 20.3 Å². The summed E-state index contributed by atoms with van der Waals surface area (Å²) < 4.78 is 26.7. The highest BCUT2D eigenvalue weighted by atomic mass is 32.2. The van der Waals surface area contributed by atoms with Crippen LogP contribution in [0.15, 0.2) is 60.0 Å². The first kappa shape index (κ1) is 22.5. The van der Waals surface area contributed by atoms with Gasteiger partial charge in [0.05, 0.1) is 16.3 Å². The van der Waals surface area contributed by atoms with Crippen LogP contribution in [-0.4, -0.2) is 26.0 Å². The first-order chi connectivity index (χ1) is 14.8. The standard InChI is InChI=1S/C22H23N3O4S2/c1-3-13-31(28,29)25-19-10-5-9-18(15(19)2)24-21(26)16-7-4-8-17(14-16)23-22(27)20-11-6-12-30-20/h4-12,14,25H,3,13H2,1-2H3,(H,23,27)(H,24,26). The van der Waals surface area contributed by atoms with Gasteiger partial charge in [-0.2, -0.15) is 0 Å². The fourth-order valence-corrected chi connectivity index (χ4v) is 4.72. The van der Waals surface area contributed by atoms with Crippen molar-refractivity contribution in [3.8, 4) is 0 Å². The van der Waals surface area contributed by atoms with Gasteiger partial charge in [0, 0.05) is 16.9 Å². The quantitative estimate of drug-likeness (QED) is 0.455. The maximum Gasteiger partial charge on any atom is 0.265 e. The number of rotatable bonds is 8. The van der Waals surface area contributed by atoms with Crippen molar-refractivity contribution in [1.29, 1.82) is 0 Å². The second-order valence-electron chi connectivity index (χ2n) is 6.87. The molecule has 3 N–H and O–H groups in total. The van der Waals surface area contributed by atoms with E-state index < -0.39 is 10.0 Å². The molecule has 162 valence electrons. The number of amides is 2. The lowest BCUT2D eigenvalue weighted by Crippen LogP contribution is -2.18. The van der Waals surface area contributed by atoms with Gasteiger partial charge in [-0.05, 0) is 60.7 Å². The molecular weight excluding hydrogens is 434 g/mol. The molecular formula is C22H23N3O4S2. The molecule has 3 aromatic rings. The average Bonchev–Trinajstić information content (AvgIpc) is 3.26. The molecule has 0 aliphatic carbocycles. The van der Waals surface area contributed by atoms with Crippen LogP contribution in [0.4, 0.5) is 17.1 Å². The molecule has 0 bridgehead atoms. The highest BCUT2D eigenvalue weighted by Gasteiger charge is 2.15. The average molecular weight is 458 g/mol. The minimum atomic E-state index is -3.44. The summed E-state index contributed by atoms with van der Waals surface area (Å²) in [7, 11) is -3.44. The Balaban J connectivity index is 1.74. The Labute approximate surface area is 185 Å². The van der Waals surface area contributed by atoms with Gasteiger partial charge >= 0.3 is 0 Å². The predicted octanol–water partition coefficient (Wildman–Crippen LogP) is 4.71. The molecule has 9 heteroatoms. The molecule has 7 nitrogen and oxygen atoms in total. The van der Waals surface area contributed by atoms with Crippen LogP contribution in [-0.2, 0) is 10.0 Å². The Morgan fingerprint density at radius 2 is 1.68 bits per heavy atom. The molecule has 0 saturated carbocycles. The van der Waals surface area contributed by atoms with Crippen molar-refractivity contribution < 1.29 is 18.0 Å². The summed E-state index contributed by atoms with van der Waals surface area (Å²) in [5.41, 5.74) is 2.39. The number of sulfonamides is 1. The largest absolute Gasteiger partial charge is 0.322 e. The molecule has 0 spiro atoms. The van der Waals surface area contributed by atoms with Crippen LogP contribution in [0.5, 0.6) is 0 Å². The summed E-state index contributed by atoms with van der Waals surface area (Å²) in [6, 6.07) is 15.2. The summed E-state index contributed by atoms with van der Waals surface area (Å²) in [6.07, 6.45) is 0.504. The minimum absolute atomic E-state index is 0.0208. The summed E-state index contributed by atoms with van der Waals surface area (Å²) >= 11 is 1.33. The summed E-state index contributed by atoms with van der Waals surface area (Å²) in [5, 5.41) is 7.40. The molecule has 3 rings (SSSR count). The lowest BCUT2D eigenvalue weighted by Gasteiger charge is -2.14. The van der Waals surface area contributed by atoms with Crippen molar-refractivity contribution in [3.05, 3.63) is 76.0 Å². The third kappa shape index (κ3) is 5.93. The molecule has 0 saturated heterocycles. The molecule has 0 unspecified atom stereocenters. The topological polar surface area (TPSA) is 104 Å². The molecule has 1 heterocycles. The number of hydrogen-bond acceptors (Lipinski definition) is 5. The number of carbonyl (C=O) groups is 2. The van der Waals surface area contributed by atoms with Gasteiger partial charge in [0.2, 0.25) is 10.0 Å². The fraction of sp³-hybridized carbons (Fsp3) is 0.182. The van der Waals surface area contributed by atoms with Crippen LogP contribution in [0.1, 0.15) is 38.9 Å². The number of hydrogen-bond donors (Lipinski definition) is 3. The summed E-state index contributed by atoms with van der Waals surface area (Å²) in [5.74, 6) is -0.591. The maximum absolute atomic E-state index is 12.8. The van der Waals surface area contributed by atoms with E-state index in [1.165, 1.54) is 11.3 Å². The normalized spacial score (nSPS) is 11.0. The van der Waals surface area contributed by atoms with Crippen LogP contribution in [0.2, 0.25) is 0 Å². The van der Waals surface area contributed by atoms with Crippen LogP contribution in [0, 0.1) is 6.92 Å². The summed E-state index contributed by atoms with van der Waals surface area (Å²) in [6.45, 7) is 3.52. The van der Waals surface area contributed by atoms with Crippen LogP contribution >= 0.6 is 11.3 Å². The summed E-state index contributed by atoms with van der Waals surface area (Å²) in [4.78, 5) is 25.6. The van der Waals surface area contributed by atoms with Crippen LogP contribution in [0.25, 0.3) is 0 Å². The van der Waals surface area contributed by atoms with Gasteiger partial charge in [-0.25, -0.2) is 8.42 Å². The smallest absolute Gasteiger partial charge is 0.265 e. The van der Waals surface area contributed by atoms with Gasteiger partial charge in [-0.1, -0.05) is 25.1 Å². The van der Waals surface area contributed by atoms with Gasteiger partial charge in [0.1, 0.15) is 0 Å². The Morgan fingerprint density at radius 3 is 2.39 bits per heavy atom. The lowest BCUT2D eigenvalue weighted by atomic mass is 10.1. The third-order valence-corrected chi connectivity index (χ3v) is 6.79. The number of nitrogens with one attached hydrogen (secondary N) is 3. The predicted molar refractivity (Wildman–Crippen MR) is 126 cm³/mol. The van der Waals surface area contributed by atoms with E-state index in [0.717, 1.165) is 0 Å². The molecule has 0 radical (unpaired) electrons. The van der Waals surface area contributed by atoms with Crippen molar-refractivity contribution >= 4 is 50.2 Å². The maximum atomic E-state index is 12.8. The molecule has 2 aromatic carbocycles. The van der Waals surface area contributed by atoms with Gasteiger partial charge in [0.25, 0.3) is 11.8 Å². The molecule has 1 aromatic heterocycles. The zero-order chi connectivity index (χ0) is 22.4. The van der Waals surface area contributed by atoms with Crippen molar-refractivity contribution in [2.75, 3.05) is 21.1 Å². The van der Waals surface area contributed by atoms with Crippen molar-refractivity contribution in [2.24, 2.45) is 0 Å². The Hall–Kier alpha value is -3.17. The molecule has 0 atom stereocenters. The molecule has 2 amide bonds. The lowest BCUT2D eigenvalue weighted by molar-refractivity contribution is 0.101. The Bertz CT molecular complexity index is 1190. The molecule has 31 heavy (non-hydrogen) atoms. The molecule has 0 fully saturated rings. The Kier molecular flexibility index (Phi) is 7.09. The number of anilines is 3. The Morgan fingerprint density at radius 1 is 0.935 bits per heavy atom. The second kappa shape index (κ2) is 9.76. The van der Waals surface area contributed by atoms with Gasteiger partial charge in [-0.15, -0.1) is 11.3 Å². The van der Waals surface area contributed by atoms with Gasteiger partial charge in [-0.3, -0.25) is 14.3 Å². The van der Waals surface area contributed by atoms with E-state index >= 15 is 0 Å². The zero-order valence-corrected chi connectivity index (χ0v) is 18.8. The highest BCUT2D eigenvalue weighted by Crippen LogP contribution is 2.25. The first-order valence-electron chi connectivity index (χ1n) is 9.65. The van der Waals surface area contributed by atoms with Crippen LogP contribution < -0.4 is 15.4 Å². The monoisotopic (exact) mass is 457 g/mol. The second-order valence-corrected chi connectivity index (χ2v) is 9.65. The number of thiophene rings is 1. The SMILES string of the molecule is CCCS(=O)(=O)Nc1cccc(NC(=O)c2cccc(NC(=O)c3cccs3)c2)c1C. The third-order valence-electron chi connectivity index (χ3n) is 4.45. The fourth-order valence-electron chi connectivity index (χ4n) is 2.90. The number of benzene rings is 2. The first-order valence-corrected chi connectivity index (χ1v) is 12.2. The van der Waals surface area contributed by atoms with E-state index in [1.54, 1.807) is 68.4 Å². The van der Waals surface area contributed by atoms with E-state index in [4.69, 9.17) is 0 Å². The van der Waals surface area contributed by atoms with Gasteiger partial charge < -0.3 is 10.6 Å². The van der Waals surface area contributed by atoms with Crippen molar-refractivity contribution in [1.82, 2.24) is 0 Å². The molecule has 0 aliphatic rings. The van der Waals surface area contributed by atoms with E-state index in [1.807, 2.05) is 5.38 Å². The van der Waals surface area contributed by atoms with E-state index in [9.17, 15) is 18.0 Å².